The number of anilines is 1. The maximum Gasteiger partial charge on any atom is 0.342 e. The summed E-state index contributed by atoms with van der Waals surface area (Å²) in [5.41, 5.74) is -0.187. The molecule has 1 amide bonds. The minimum absolute atomic E-state index is 0.0689. The molecule has 0 saturated heterocycles. The number of esters is 1. The number of aromatic nitrogens is 1. The van der Waals surface area contributed by atoms with Gasteiger partial charge in [-0.2, -0.15) is 0 Å². The fraction of sp³-hybridized carbons (Fsp3) is 0.188. The lowest BCUT2D eigenvalue weighted by Gasteiger charge is -2.15. The first-order chi connectivity index (χ1) is 12.6. The summed E-state index contributed by atoms with van der Waals surface area (Å²) in [7, 11) is -2.74. The first-order valence-corrected chi connectivity index (χ1v) is 9.38. The van der Waals surface area contributed by atoms with Gasteiger partial charge in [-0.25, -0.2) is 23.3 Å². The molecule has 0 bridgehead atoms. The van der Waals surface area contributed by atoms with E-state index in [1.54, 1.807) is 0 Å². The van der Waals surface area contributed by atoms with E-state index < -0.39 is 28.0 Å². The monoisotopic (exact) mass is 413 g/mol. The summed E-state index contributed by atoms with van der Waals surface area (Å²) in [6.07, 6.45) is 0.148. The van der Waals surface area contributed by atoms with E-state index in [1.807, 2.05) is 0 Å². The van der Waals surface area contributed by atoms with E-state index in [-0.39, 0.29) is 22.0 Å². The average molecular weight is 414 g/mol. The number of methoxy groups -OCH3 is 1. The van der Waals surface area contributed by atoms with Crippen LogP contribution in [0, 0.1) is 0 Å². The lowest BCUT2D eigenvalue weighted by molar-refractivity contribution is -0.123. The van der Waals surface area contributed by atoms with Crippen molar-refractivity contribution in [2.75, 3.05) is 12.4 Å². The SMILES string of the molecule is COc1ccc(S(N)(=O)=O)cc1C(=O)O[C@@H](C)C(=O)Nc1ccc(Cl)cn1. The number of primary sulfonamides is 1. The molecule has 0 aliphatic carbocycles. The van der Waals surface area contributed by atoms with Gasteiger partial charge in [0.1, 0.15) is 17.1 Å². The third-order valence-corrected chi connectivity index (χ3v) is 4.49. The molecule has 1 aromatic carbocycles. The van der Waals surface area contributed by atoms with E-state index in [0.29, 0.717) is 5.02 Å². The summed E-state index contributed by atoms with van der Waals surface area (Å²) in [6.45, 7) is 1.35. The van der Waals surface area contributed by atoms with Gasteiger partial charge in [0.05, 0.1) is 17.0 Å². The van der Waals surface area contributed by atoms with E-state index in [2.05, 4.69) is 10.3 Å². The molecule has 2 aromatic rings. The van der Waals surface area contributed by atoms with Gasteiger partial charge in [0, 0.05) is 6.20 Å². The topological polar surface area (TPSA) is 138 Å². The molecule has 0 aliphatic rings. The summed E-state index contributed by atoms with van der Waals surface area (Å²) >= 11 is 5.71. The smallest absolute Gasteiger partial charge is 0.342 e. The summed E-state index contributed by atoms with van der Waals surface area (Å²) in [5.74, 6) is -1.30. The lowest BCUT2D eigenvalue weighted by Crippen LogP contribution is -2.30. The number of hydrogen-bond donors (Lipinski definition) is 2. The summed E-state index contributed by atoms with van der Waals surface area (Å²) < 4.78 is 33.0. The van der Waals surface area contributed by atoms with E-state index in [0.717, 1.165) is 6.07 Å². The molecule has 0 saturated carbocycles. The minimum Gasteiger partial charge on any atom is -0.496 e. The largest absolute Gasteiger partial charge is 0.496 e. The molecule has 1 aromatic heterocycles. The first kappa shape index (κ1) is 20.6. The minimum atomic E-state index is -4.03. The van der Waals surface area contributed by atoms with Crippen LogP contribution in [-0.2, 0) is 19.6 Å². The predicted molar refractivity (Wildman–Crippen MR) is 97.1 cm³/mol. The van der Waals surface area contributed by atoms with Crippen molar-refractivity contribution in [1.29, 1.82) is 0 Å². The van der Waals surface area contributed by atoms with E-state index in [1.165, 1.54) is 44.5 Å². The Kier molecular flexibility index (Phi) is 6.37. The number of sulfonamides is 1. The number of ether oxygens (including phenoxy) is 2. The Bertz CT molecular complexity index is 963. The number of hydrogen-bond acceptors (Lipinski definition) is 7. The van der Waals surface area contributed by atoms with Crippen molar-refractivity contribution < 1.29 is 27.5 Å². The zero-order valence-corrected chi connectivity index (χ0v) is 15.9. The van der Waals surface area contributed by atoms with Crippen LogP contribution in [0.3, 0.4) is 0 Å². The highest BCUT2D eigenvalue weighted by Gasteiger charge is 2.23. The van der Waals surface area contributed by atoms with Crippen LogP contribution in [0.25, 0.3) is 0 Å². The lowest BCUT2D eigenvalue weighted by atomic mass is 10.2. The van der Waals surface area contributed by atoms with Crippen molar-refractivity contribution >= 4 is 39.3 Å². The van der Waals surface area contributed by atoms with Gasteiger partial charge >= 0.3 is 5.97 Å². The van der Waals surface area contributed by atoms with Gasteiger partial charge in [-0.05, 0) is 37.3 Å². The molecular weight excluding hydrogens is 398 g/mol. The molecule has 2 rings (SSSR count). The van der Waals surface area contributed by atoms with Crippen molar-refractivity contribution in [3.63, 3.8) is 0 Å². The summed E-state index contributed by atoms with van der Waals surface area (Å²) in [4.78, 5) is 28.1. The van der Waals surface area contributed by atoms with Gasteiger partial charge in [-0.3, -0.25) is 4.79 Å². The molecule has 0 fully saturated rings. The molecular formula is C16H16ClN3O6S. The van der Waals surface area contributed by atoms with Crippen LogP contribution < -0.4 is 15.2 Å². The number of nitrogens with two attached hydrogens (primary N) is 1. The van der Waals surface area contributed by atoms with Gasteiger partial charge < -0.3 is 14.8 Å². The van der Waals surface area contributed by atoms with Crippen LogP contribution in [0.4, 0.5) is 5.82 Å². The zero-order valence-electron chi connectivity index (χ0n) is 14.3. The van der Waals surface area contributed by atoms with Gasteiger partial charge in [0.2, 0.25) is 10.0 Å². The molecule has 0 radical (unpaired) electrons. The first-order valence-electron chi connectivity index (χ1n) is 7.46. The van der Waals surface area contributed by atoms with Crippen molar-refractivity contribution in [2.45, 2.75) is 17.9 Å². The Balaban J connectivity index is 2.15. The molecule has 144 valence electrons. The highest BCUT2D eigenvalue weighted by Crippen LogP contribution is 2.23. The summed E-state index contributed by atoms with van der Waals surface area (Å²) in [5, 5.41) is 7.92. The summed E-state index contributed by atoms with van der Waals surface area (Å²) in [6, 6.07) is 6.48. The number of carbonyl (C=O) groups excluding carboxylic acids is 2. The number of nitrogens with one attached hydrogen (secondary N) is 1. The highest BCUT2D eigenvalue weighted by molar-refractivity contribution is 7.89. The van der Waals surface area contributed by atoms with E-state index in [9.17, 15) is 18.0 Å². The molecule has 3 N–H and O–H groups in total. The van der Waals surface area contributed by atoms with Crippen LogP contribution in [0.5, 0.6) is 5.75 Å². The number of pyridine rings is 1. The van der Waals surface area contributed by atoms with Crippen LogP contribution >= 0.6 is 11.6 Å². The standard InChI is InChI=1S/C16H16ClN3O6S/c1-9(15(21)20-14-6-3-10(17)8-19-14)26-16(22)12-7-11(27(18,23)24)4-5-13(12)25-2/h3-9H,1-2H3,(H2,18,23,24)(H,19,20,21)/t9-/m0/s1. The number of benzene rings is 1. The third-order valence-electron chi connectivity index (χ3n) is 3.35. The zero-order chi connectivity index (χ0) is 20.2. The molecule has 0 spiro atoms. The third kappa shape index (κ3) is 5.39. The second kappa shape index (κ2) is 8.33. The Hall–Kier alpha value is -2.69. The van der Waals surface area contributed by atoms with Gasteiger partial charge in [0.25, 0.3) is 5.91 Å². The Morgan fingerprint density at radius 2 is 1.96 bits per heavy atom. The molecule has 1 atom stereocenters. The maximum atomic E-state index is 12.4. The number of carbonyl (C=O) groups is 2. The fourth-order valence-electron chi connectivity index (χ4n) is 1.98. The number of amides is 1. The molecule has 9 nitrogen and oxygen atoms in total. The van der Waals surface area contributed by atoms with E-state index in [4.69, 9.17) is 26.2 Å². The Morgan fingerprint density at radius 1 is 1.26 bits per heavy atom. The predicted octanol–water partition coefficient (Wildman–Crippen LogP) is 1.57. The molecule has 27 heavy (non-hydrogen) atoms. The Labute approximate surface area is 160 Å². The maximum absolute atomic E-state index is 12.4. The molecule has 0 aliphatic heterocycles. The van der Waals surface area contributed by atoms with Gasteiger partial charge in [-0.15, -0.1) is 0 Å². The van der Waals surface area contributed by atoms with Crippen molar-refractivity contribution in [1.82, 2.24) is 4.98 Å². The second-order valence-electron chi connectivity index (χ2n) is 5.31. The van der Waals surface area contributed by atoms with Gasteiger partial charge in [-0.1, -0.05) is 11.6 Å². The van der Waals surface area contributed by atoms with Crippen molar-refractivity contribution in [2.24, 2.45) is 5.14 Å². The van der Waals surface area contributed by atoms with Crippen LogP contribution in [0.2, 0.25) is 5.02 Å². The Morgan fingerprint density at radius 3 is 2.52 bits per heavy atom. The van der Waals surface area contributed by atoms with Crippen LogP contribution in [0.15, 0.2) is 41.4 Å². The van der Waals surface area contributed by atoms with Crippen LogP contribution in [0.1, 0.15) is 17.3 Å². The molecule has 11 heteroatoms. The fourth-order valence-corrected chi connectivity index (χ4v) is 2.63. The van der Waals surface area contributed by atoms with Crippen LogP contribution in [-0.4, -0.2) is 38.5 Å². The van der Waals surface area contributed by atoms with Gasteiger partial charge in [0.15, 0.2) is 6.10 Å². The molecule has 0 unspecified atom stereocenters. The number of halogens is 1. The van der Waals surface area contributed by atoms with Crippen molar-refractivity contribution in [3.8, 4) is 5.75 Å². The average Bonchev–Trinajstić information content (AvgIpc) is 2.62. The number of rotatable bonds is 6. The highest BCUT2D eigenvalue weighted by atomic mass is 35.5. The second-order valence-corrected chi connectivity index (χ2v) is 7.30. The number of nitrogens with zero attached hydrogens (tertiary/aromatic N) is 1. The van der Waals surface area contributed by atoms with Crippen molar-refractivity contribution in [3.05, 3.63) is 47.1 Å². The molecule has 1 heterocycles. The normalized spacial score (nSPS) is 12.1. The quantitative estimate of drug-likeness (QED) is 0.685. The van der Waals surface area contributed by atoms with E-state index >= 15 is 0 Å².